The number of rotatable bonds is 0. The van der Waals surface area contributed by atoms with Crippen molar-refractivity contribution in [3.63, 3.8) is 0 Å². The van der Waals surface area contributed by atoms with Gasteiger partial charge in [0.25, 0.3) is 0 Å². The minimum atomic E-state index is -0.417. The Balaban J connectivity index is -0.0000000184. The van der Waals surface area contributed by atoms with Gasteiger partial charge >= 0.3 is 88.7 Å². The molecule has 0 amide bonds. The quantitative estimate of drug-likeness (QED) is 0.399. The fourth-order valence-corrected chi connectivity index (χ4v) is 0. The van der Waals surface area contributed by atoms with Gasteiger partial charge in [0.1, 0.15) is 0 Å². The molecule has 15 heavy (non-hydrogen) atoms. The molecule has 0 aromatic rings. The van der Waals surface area contributed by atoms with Crippen LogP contribution in [0.2, 0.25) is 0 Å². The number of hydrogen-bond donors (Lipinski definition) is 0. The molecule has 0 saturated heterocycles. The van der Waals surface area contributed by atoms with Crippen LogP contribution in [0.5, 0.6) is 0 Å². The summed E-state index contributed by atoms with van der Waals surface area (Å²) in [6.07, 6.45) is -1.25. The van der Waals surface area contributed by atoms with Crippen molar-refractivity contribution in [1.82, 2.24) is 0 Å². The Morgan fingerprint density at radius 2 is 0.467 bits per heavy atom. The molecule has 0 atom stereocenters. The average molecular weight is 246 g/mol. The van der Waals surface area contributed by atoms with Crippen LogP contribution in [0.3, 0.4) is 0 Å². The van der Waals surface area contributed by atoms with Gasteiger partial charge in [0, 0.05) is 0 Å². The van der Waals surface area contributed by atoms with Gasteiger partial charge in [-0.15, -0.1) is 18.3 Å². The molecular formula is C9H21Na3O3. The van der Waals surface area contributed by atoms with Crippen molar-refractivity contribution in [2.24, 2.45) is 0 Å². The first-order valence-electron chi connectivity index (χ1n) is 4.17. The Morgan fingerprint density at radius 1 is 0.467 bits per heavy atom. The maximum atomic E-state index is 9.53. The van der Waals surface area contributed by atoms with Crippen LogP contribution in [-0.4, -0.2) is 18.3 Å². The van der Waals surface area contributed by atoms with Crippen molar-refractivity contribution in [1.29, 1.82) is 0 Å². The summed E-state index contributed by atoms with van der Waals surface area (Å²) in [5.41, 5.74) is 0. The van der Waals surface area contributed by atoms with Crippen LogP contribution in [0.25, 0.3) is 0 Å². The first-order chi connectivity index (χ1) is 5.20. The van der Waals surface area contributed by atoms with Gasteiger partial charge in [0.05, 0.1) is 0 Å². The van der Waals surface area contributed by atoms with E-state index >= 15 is 0 Å². The van der Waals surface area contributed by atoms with Gasteiger partial charge in [-0.25, -0.2) is 0 Å². The molecule has 0 rings (SSSR count). The maximum Gasteiger partial charge on any atom is 1.00 e. The first kappa shape index (κ1) is 36.1. The van der Waals surface area contributed by atoms with E-state index in [0.717, 1.165) is 0 Å². The number of hydrogen-bond acceptors (Lipinski definition) is 3. The molecule has 0 spiro atoms. The fraction of sp³-hybridized carbons (Fsp3) is 1.00. The van der Waals surface area contributed by atoms with Gasteiger partial charge < -0.3 is 15.3 Å². The predicted molar refractivity (Wildman–Crippen MR) is 45.4 cm³/mol. The third-order valence-electron chi connectivity index (χ3n) is 0. The van der Waals surface area contributed by atoms with E-state index in [1.807, 2.05) is 0 Å². The Hall–Kier alpha value is 2.88. The zero-order chi connectivity index (χ0) is 10.7. The smallest absolute Gasteiger partial charge is 0.852 e. The van der Waals surface area contributed by atoms with Crippen LogP contribution < -0.4 is 104 Å². The van der Waals surface area contributed by atoms with Crippen molar-refractivity contribution in [3.05, 3.63) is 0 Å². The first-order valence-corrected chi connectivity index (χ1v) is 4.17. The zero-order valence-corrected chi connectivity index (χ0v) is 18.0. The summed E-state index contributed by atoms with van der Waals surface area (Å²) < 4.78 is 0. The fourth-order valence-electron chi connectivity index (χ4n) is 0. The van der Waals surface area contributed by atoms with Crippen LogP contribution >= 0.6 is 0 Å². The molecule has 0 aliphatic rings. The van der Waals surface area contributed by atoms with Gasteiger partial charge in [0.15, 0.2) is 0 Å². The van der Waals surface area contributed by atoms with Crippen LogP contribution in [0.4, 0.5) is 0 Å². The molecule has 0 aliphatic heterocycles. The normalized spacial score (nSPS) is 7.20. The molecule has 0 bridgehead atoms. The van der Waals surface area contributed by atoms with E-state index < -0.39 is 18.3 Å². The maximum absolute atomic E-state index is 9.53. The molecule has 0 radical (unpaired) electrons. The molecule has 78 valence electrons. The molecule has 0 N–H and O–H groups in total. The van der Waals surface area contributed by atoms with Crippen molar-refractivity contribution in [2.75, 3.05) is 0 Å². The standard InChI is InChI=1S/3C3H7O.3Na/c3*1-3(2)4;;;/h3*3H,1-2H3;;;/q3*-1;3*+1. The van der Waals surface area contributed by atoms with Gasteiger partial charge in [0.2, 0.25) is 0 Å². The molecule has 6 heteroatoms. The Kier molecular flexibility index (Phi) is 72.6. The van der Waals surface area contributed by atoms with Gasteiger partial charge in [-0.3, -0.25) is 0 Å². The minimum absolute atomic E-state index is 0. The Bertz CT molecular complexity index is 49.1. The van der Waals surface area contributed by atoms with E-state index in [4.69, 9.17) is 0 Å². The van der Waals surface area contributed by atoms with E-state index in [1.54, 1.807) is 41.5 Å². The van der Waals surface area contributed by atoms with Gasteiger partial charge in [-0.1, -0.05) is 41.5 Å². The molecule has 0 aromatic heterocycles. The summed E-state index contributed by atoms with van der Waals surface area (Å²) in [5.74, 6) is 0. The molecule has 0 saturated carbocycles. The molecule has 0 fully saturated rings. The minimum Gasteiger partial charge on any atom is -0.852 e. The monoisotopic (exact) mass is 246 g/mol. The summed E-state index contributed by atoms with van der Waals surface area (Å²) in [4.78, 5) is 0. The largest absolute Gasteiger partial charge is 1.00 e. The summed E-state index contributed by atoms with van der Waals surface area (Å²) in [5, 5.41) is 28.6. The summed E-state index contributed by atoms with van der Waals surface area (Å²) in [7, 11) is 0. The summed E-state index contributed by atoms with van der Waals surface area (Å²) in [6.45, 7) is 9.67. The van der Waals surface area contributed by atoms with E-state index in [9.17, 15) is 15.3 Å². The second-order valence-electron chi connectivity index (χ2n) is 3.15. The van der Waals surface area contributed by atoms with Crippen LogP contribution in [0.15, 0.2) is 0 Å². The van der Waals surface area contributed by atoms with Crippen LogP contribution in [-0.2, 0) is 0 Å². The van der Waals surface area contributed by atoms with Crippen molar-refractivity contribution in [2.45, 2.75) is 59.9 Å². The summed E-state index contributed by atoms with van der Waals surface area (Å²) in [6, 6.07) is 0. The van der Waals surface area contributed by atoms with E-state index in [2.05, 4.69) is 0 Å². The van der Waals surface area contributed by atoms with Crippen molar-refractivity contribution < 1.29 is 104 Å². The topological polar surface area (TPSA) is 69.2 Å². The van der Waals surface area contributed by atoms with Crippen molar-refractivity contribution >= 4 is 0 Å². The van der Waals surface area contributed by atoms with Crippen LogP contribution in [0, 0.1) is 0 Å². The molecule has 0 heterocycles. The van der Waals surface area contributed by atoms with Crippen molar-refractivity contribution in [3.8, 4) is 0 Å². The zero-order valence-electron chi connectivity index (χ0n) is 12.0. The van der Waals surface area contributed by atoms with E-state index in [0.29, 0.717) is 0 Å². The van der Waals surface area contributed by atoms with E-state index in [1.165, 1.54) is 0 Å². The molecule has 0 unspecified atom stereocenters. The Morgan fingerprint density at radius 3 is 0.467 bits per heavy atom. The SMILES string of the molecule is CC(C)[O-].CC(C)[O-].CC(C)[O-].[Na+].[Na+].[Na+]. The van der Waals surface area contributed by atoms with E-state index in [-0.39, 0.29) is 88.7 Å². The molecule has 3 nitrogen and oxygen atoms in total. The van der Waals surface area contributed by atoms with Gasteiger partial charge in [-0.05, 0) is 0 Å². The molecule has 0 aliphatic carbocycles. The van der Waals surface area contributed by atoms with Gasteiger partial charge in [-0.2, -0.15) is 0 Å². The van der Waals surface area contributed by atoms with Crippen LogP contribution in [0.1, 0.15) is 41.5 Å². The molecular weight excluding hydrogens is 225 g/mol. The second kappa shape index (κ2) is 30.2. The third kappa shape index (κ3) is 451. The summed E-state index contributed by atoms with van der Waals surface area (Å²) >= 11 is 0. The predicted octanol–water partition coefficient (Wildman–Crippen LogP) is -9.72. The second-order valence-corrected chi connectivity index (χ2v) is 3.15. The third-order valence-corrected chi connectivity index (χ3v) is 0. The average Bonchev–Trinajstić information content (AvgIpc) is 1.54. The molecule has 0 aromatic carbocycles. The Labute approximate surface area is 161 Å².